The minimum Gasteiger partial charge on any atom is -0.455 e. The molecule has 1 atom stereocenters. The van der Waals surface area contributed by atoms with Crippen LogP contribution in [0.4, 0.5) is 0 Å². The van der Waals surface area contributed by atoms with E-state index in [0.717, 1.165) is 11.3 Å². The van der Waals surface area contributed by atoms with Crippen LogP contribution < -0.4 is 0 Å². The lowest BCUT2D eigenvalue weighted by molar-refractivity contribution is -0.151. The molecule has 0 saturated heterocycles. The molecule has 2 aromatic rings. The van der Waals surface area contributed by atoms with Crippen LogP contribution in [0.1, 0.15) is 18.9 Å². The van der Waals surface area contributed by atoms with Crippen LogP contribution in [0, 0.1) is 0 Å². The zero-order valence-corrected chi connectivity index (χ0v) is 16.2. The number of rotatable bonds is 6. The van der Waals surface area contributed by atoms with Gasteiger partial charge in [-0.15, -0.1) is 11.8 Å². The number of hydrogen-bond acceptors (Lipinski definition) is 4. The summed E-state index contributed by atoms with van der Waals surface area (Å²) >= 11 is 1.43. The molecule has 1 aliphatic rings. The number of nitrogens with zero attached hydrogens (tertiary/aromatic N) is 1. The van der Waals surface area contributed by atoms with Crippen molar-refractivity contribution >= 4 is 29.2 Å². The summed E-state index contributed by atoms with van der Waals surface area (Å²) in [7, 11) is 0. The minimum absolute atomic E-state index is 0.149. The molecule has 0 unspecified atom stereocenters. The van der Waals surface area contributed by atoms with Crippen molar-refractivity contribution in [2.45, 2.75) is 23.5 Å². The van der Waals surface area contributed by atoms with Crippen molar-refractivity contribution in [3.63, 3.8) is 0 Å². The minimum atomic E-state index is -0.366. The number of thioether (sulfide) groups is 1. The van der Waals surface area contributed by atoms with Gasteiger partial charge in [-0.2, -0.15) is 0 Å². The third-order valence-corrected chi connectivity index (χ3v) is 5.52. The van der Waals surface area contributed by atoms with Crippen LogP contribution in [0.2, 0.25) is 0 Å². The van der Waals surface area contributed by atoms with Gasteiger partial charge in [0, 0.05) is 18.0 Å². The average molecular weight is 381 g/mol. The van der Waals surface area contributed by atoms with Crippen molar-refractivity contribution in [1.82, 2.24) is 4.90 Å². The maximum Gasteiger partial charge on any atom is 0.319 e. The first-order valence-electron chi connectivity index (χ1n) is 9.04. The van der Waals surface area contributed by atoms with Gasteiger partial charge in [-0.05, 0) is 36.6 Å². The Morgan fingerprint density at radius 2 is 1.74 bits per heavy atom. The van der Waals surface area contributed by atoms with Crippen molar-refractivity contribution in [1.29, 1.82) is 0 Å². The van der Waals surface area contributed by atoms with Gasteiger partial charge < -0.3 is 9.64 Å². The Morgan fingerprint density at radius 3 is 2.37 bits per heavy atom. The molecule has 0 aliphatic carbocycles. The van der Waals surface area contributed by atoms with E-state index in [1.165, 1.54) is 22.9 Å². The monoisotopic (exact) mass is 381 g/mol. The Kier molecular flexibility index (Phi) is 6.71. The zero-order chi connectivity index (χ0) is 19.1. The van der Waals surface area contributed by atoms with E-state index >= 15 is 0 Å². The van der Waals surface area contributed by atoms with Gasteiger partial charge in [0.25, 0.3) is 5.91 Å². The van der Waals surface area contributed by atoms with Gasteiger partial charge in [0.05, 0.1) is 0 Å². The van der Waals surface area contributed by atoms with Crippen molar-refractivity contribution in [2.75, 3.05) is 19.7 Å². The first-order valence-corrected chi connectivity index (χ1v) is 9.92. The SMILES string of the molecule is C[C@H](Sc1ccccc1)C(=O)OCC(=O)N1CC=C(c2ccccc2)CC1. The second-order valence-corrected chi connectivity index (χ2v) is 7.78. The highest BCUT2D eigenvalue weighted by Crippen LogP contribution is 2.24. The summed E-state index contributed by atoms with van der Waals surface area (Å²) < 4.78 is 5.23. The van der Waals surface area contributed by atoms with Crippen molar-refractivity contribution in [2.24, 2.45) is 0 Å². The van der Waals surface area contributed by atoms with Crippen LogP contribution in [-0.4, -0.2) is 41.7 Å². The van der Waals surface area contributed by atoms with Gasteiger partial charge in [0.15, 0.2) is 6.61 Å². The predicted octanol–water partition coefficient (Wildman–Crippen LogP) is 4.03. The molecule has 0 spiro atoms. The number of carbonyl (C=O) groups is 2. The summed E-state index contributed by atoms with van der Waals surface area (Å²) in [5.74, 6) is -0.515. The first kappa shape index (κ1) is 19.2. The zero-order valence-electron chi connectivity index (χ0n) is 15.3. The van der Waals surface area contributed by atoms with E-state index < -0.39 is 0 Å². The standard InChI is InChI=1S/C22H23NO3S/c1-17(27-20-10-6-3-7-11-20)22(25)26-16-21(24)23-14-12-19(13-15-23)18-8-4-2-5-9-18/h2-12,17H,13-16H2,1H3/t17-/m0/s1. The normalized spacial score (nSPS) is 15.0. The molecule has 4 nitrogen and oxygen atoms in total. The molecule has 5 heteroatoms. The van der Waals surface area contributed by atoms with Crippen LogP contribution in [0.3, 0.4) is 0 Å². The highest BCUT2D eigenvalue weighted by molar-refractivity contribution is 8.00. The van der Waals surface area contributed by atoms with E-state index in [1.807, 2.05) is 48.5 Å². The van der Waals surface area contributed by atoms with Gasteiger partial charge in [-0.25, -0.2) is 0 Å². The lowest BCUT2D eigenvalue weighted by Crippen LogP contribution is -2.38. The van der Waals surface area contributed by atoms with E-state index in [4.69, 9.17) is 4.74 Å². The molecule has 0 N–H and O–H groups in total. The first-order chi connectivity index (χ1) is 13.1. The molecule has 3 rings (SSSR count). The van der Waals surface area contributed by atoms with Crippen LogP contribution in [-0.2, 0) is 14.3 Å². The Morgan fingerprint density at radius 1 is 1.07 bits per heavy atom. The fourth-order valence-corrected chi connectivity index (χ4v) is 3.79. The summed E-state index contributed by atoms with van der Waals surface area (Å²) in [6.07, 6.45) is 2.89. The van der Waals surface area contributed by atoms with E-state index in [2.05, 4.69) is 18.2 Å². The summed E-state index contributed by atoms with van der Waals surface area (Å²) in [6.45, 7) is 2.79. The number of carbonyl (C=O) groups excluding carboxylic acids is 2. The lowest BCUT2D eigenvalue weighted by Gasteiger charge is -2.26. The molecular weight excluding hydrogens is 358 g/mol. The molecule has 2 aromatic carbocycles. The second-order valence-electron chi connectivity index (χ2n) is 6.37. The third kappa shape index (κ3) is 5.47. The number of benzene rings is 2. The summed E-state index contributed by atoms with van der Waals surface area (Å²) in [6, 6.07) is 19.9. The molecule has 1 amide bonds. The van der Waals surface area contributed by atoms with Crippen LogP contribution in [0.25, 0.3) is 5.57 Å². The van der Waals surface area contributed by atoms with E-state index in [9.17, 15) is 9.59 Å². The molecule has 1 heterocycles. The fourth-order valence-electron chi connectivity index (χ4n) is 2.90. The number of hydrogen-bond donors (Lipinski definition) is 0. The summed E-state index contributed by atoms with van der Waals surface area (Å²) in [4.78, 5) is 27.2. The van der Waals surface area contributed by atoms with Crippen LogP contribution in [0.15, 0.2) is 71.6 Å². The Bertz CT molecular complexity index is 805. The Hall–Kier alpha value is -2.53. The topological polar surface area (TPSA) is 46.6 Å². The molecule has 0 radical (unpaired) electrons. The molecule has 0 bridgehead atoms. The number of ether oxygens (including phenoxy) is 1. The average Bonchev–Trinajstić information content (AvgIpc) is 2.73. The molecule has 1 aliphatic heterocycles. The van der Waals surface area contributed by atoms with Gasteiger partial charge in [-0.1, -0.05) is 54.6 Å². The molecule has 0 saturated carbocycles. The molecular formula is C22H23NO3S. The third-order valence-electron chi connectivity index (χ3n) is 4.43. The van der Waals surface area contributed by atoms with Gasteiger partial charge in [-0.3, -0.25) is 9.59 Å². The Balaban J connectivity index is 1.45. The van der Waals surface area contributed by atoms with Crippen LogP contribution >= 0.6 is 11.8 Å². The lowest BCUT2D eigenvalue weighted by atomic mass is 10.00. The second kappa shape index (κ2) is 9.42. The quantitative estimate of drug-likeness (QED) is 0.560. The Labute approximate surface area is 164 Å². The van der Waals surface area contributed by atoms with Gasteiger partial charge in [0.2, 0.25) is 0 Å². The maximum atomic E-state index is 12.3. The highest BCUT2D eigenvalue weighted by atomic mass is 32.2. The maximum absolute atomic E-state index is 12.3. The number of esters is 1. The largest absolute Gasteiger partial charge is 0.455 e. The molecule has 0 fully saturated rings. The van der Waals surface area contributed by atoms with Crippen LogP contribution in [0.5, 0.6) is 0 Å². The van der Waals surface area contributed by atoms with E-state index in [-0.39, 0.29) is 23.7 Å². The van der Waals surface area contributed by atoms with Crippen molar-refractivity contribution < 1.29 is 14.3 Å². The van der Waals surface area contributed by atoms with E-state index in [1.54, 1.807) is 11.8 Å². The molecule has 27 heavy (non-hydrogen) atoms. The van der Waals surface area contributed by atoms with Crippen molar-refractivity contribution in [3.05, 3.63) is 72.3 Å². The van der Waals surface area contributed by atoms with Gasteiger partial charge in [0.1, 0.15) is 5.25 Å². The summed E-state index contributed by atoms with van der Waals surface area (Å²) in [5.41, 5.74) is 2.45. The number of amides is 1. The van der Waals surface area contributed by atoms with Crippen molar-refractivity contribution in [3.8, 4) is 0 Å². The van der Waals surface area contributed by atoms with Gasteiger partial charge >= 0.3 is 5.97 Å². The highest BCUT2D eigenvalue weighted by Gasteiger charge is 2.21. The smallest absolute Gasteiger partial charge is 0.319 e. The fraction of sp³-hybridized carbons (Fsp3) is 0.273. The summed E-state index contributed by atoms with van der Waals surface area (Å²) in [5, 5.41) is -0.355. The molecule has 0 aromatic heterocycles. The predicted molar refractivity (Wildman–Crippen MR) is 108 cm³/mol. The van der Waals surface area contributed by atoms with E-state index in [0.29, 0.717) is 13.1 Å². The molecule has 140 valence electrons.